The lowest BCUT2D eigenvalue weighted by Crippen LogP contribution is -2.71. The third-order valence-electron chi connectivity index (χ3n) is 6.50. The number of ketones is 1. The zero-order valence-electron chi connectivity index (χ0n) is 11.5. The van der Waals surface area contributed by atoms with Crippen molar-refractivity contribution in [1.82, 2.24) is 4.90 Å². The molecule has 0 amide bonds. The molecule has 0 aromatic heterocycles. The topological polar surface area (TPSA) is 20.3 Å². The summed E-state index contributed by atoms with van der Waals surface area (Å²) >= 11 is 0. The molecule has 100 valence electrons. The van der Waals surface area contributed by atoms with Crippen LogP contribution < -0.4 is 0 Å². The molecule has 4 aliphatic rings. The number of nitrogens with zero attached hydrogens (tertiary/aromatic N) is 1. The maximum atomic E-state index is 12.5. The van der Waals surface area contributed by atoms with E-state index in [9.17, 15) is 4.79 Å². The molecule has 2 heteroatoms. The second-order valence-electron chi connectivity index (χ2n) is 7.40. The van der Waals surface area contributed by atoms with Crippen LogP contribution in [0.2, 0.25) is 0 Å². The van der Waals surface area contributed by atoms with E-state index in [1.807, 2.05) is 0 Å². The van der Waals surface area contributed by atoms with E-state index < -0.39 is 0 Å². The van der Waals surface area contributed by atoms with Gasteiger partial charge >= 0.3 is 0 Å². The lowest BCUT2D eigenvalue weighted by Gasteiger charge is -2.65. The predicted octanol–water partition coefficient (Wildman–Crippen LogP) is 2.87. The molecule has 0 N–H and O–H groups in total. The summed E-state index contributed by atoms with van der Waals surface area (Å²) in [6.07, 6.45) is 8.75. The molecule has 4 rings (SSSR count). The molecule has 2 heterocycles. The molecule has 5 atom stereocenters. The number of hydrogen-bond donors (Lipinski definition) is 0. The smallest absolute Gasteiger partial charge is 0.138 e. The zero-order valence-corrected chi connectivity index (χ0v) is 11.5. The summed E-state index contributed by atoms with van der Waals surface area (Å²) in [6, 6.07) is 0. The summed E-state index contributed by atoms with van der Waals surface area (Å²) in [4.78, 5) is 15.3. The Morgan fingerprint density at radius 2 is 2.00 bits per heavy atom. The van der Waals surface area contributed by atoms with Gasteiger partial charge in [-0.2, -0.15) is 0 Å². The fourth-order valence-electron chi connectivity index (χ4n) is 6.18. The summed E-state index contributed by atoms with van der Waals surface area (Å²) in [5.74, 6) is 3.43. The van der Waals surface area contributed by atoms with Crippen molar-refractivity contribution in [3.63, 3.8) is 0 Å². The molecule has 2 nitrogen and oxygen atoms in total. The van der Waals surface area contributed by atoms with Gasteiger partial charge in [0.15, 0.2) is 0 Å². The molecule has 0 aromatic carbocycles. The molecule has 0 aromatic rings. The van der Waals surface area contributed by atoms with Gasteiger partial charge in [0.25, 0.3) is 0 Å². The Labute approximate surface area is 110 Å². The van der Waals surface area contributed by atoms with Crippen molar-refractivity contribution >= 4 is 5.78 Å². The molecule has 2 saturated heterocycles. The van der Waals surface area contributed by atoms with E-state index in [2.05, 4.69) is 11.8 Å². The van der Waals surface area contributed by atoms with E-state index >= 15 is 0 Å². The monoisotopic (exact) mass is 247 g/mol. The Balaban J connectivity index is 1.82. The molecule has 2 saturated carbocycles. The average Bonchev–Trinajstić information content (AvgIpc) is 2.33. The van der Waals surface area contributed by atoms with E-state index in [4.69, 9.17) is 0 Å². The summed E-state index contributed by atoms with van der Waals surface area (Å²) in [5, 5.41) is 0. The standard InChI is InChI=1S/C16H25NO/c1-11-8-12-9-15(18)14-5-3-7-17-6-2-4-13(12)16(14,17)10-11/h11-14H,2-10H2,1H3/t11-,12?,13?,14?,16?/m1/s1. The maximum Gasteiger partial charge on any atom is 0.138 e. The third-order valence-corrected chi connectivity index (χ3v) is 6.50. The molecule has 18 heavy (non-hydrogen) atoms. The van der Waals surface area contributed by atoms with Gasteiger partial charge in [0, 0.05) is 17.9 Å². The second kappa shape index (κ2) is 3.82. The van der Waals surface area contributed by atoms with Crippen molar-refractivity contribution < 1.29 is 4.79 Å². The highest BCUT2D eigenvalue weighted by atomic mass is 16.1. The lowest BCUT2D eigenvalue weighted by molar-refractivity contribution is -0.172. The first-order chi connectivity index (χ1) is 8.72. The van der Waals surface area contributed by atoms with Crippen molar-refractivity contribution in [2.75, 3.05) is 13.1 Å². The molecule has 4 unspecified atom stereocenters. The number of Topliss-reactive ketones (excluding diaryl/α,β-unsaturated/α-hetero) is 1. The summed E-state index contributed by atoms with van der Waals surface area (Å²) in [5.41, 5.74) is 0.314. The Hall–Kier alpha value is -0.370. The van der Waals surface area contributed by atoms with Crippen LogP contribution in [0.5, 0.6) is 0 Å². The molecule has 0 radical (unpaired) electrons. The average molecular weight is 247 g/mol. The minimum atomic E-state index is 0.314. The molecule has 2 bridgehead atoms. The van der Waals surface area contributed by atoms with Gasteiger partial charge in [-0.05, 0) is 69.4 Å². The number of rotatable bonds is 0. The Kier molecular flexibility index (Phi) is 2.43. The van der Waals surface area contributed by atoms with Gasteiger partial charge in [-0.15, -0.1) is 0 Å². The highest BCUT2D eigenvalue weighted by Crippen LogP contribution is 2.59. The minimum Gasteiger partial charge on any atom is -0.299 e. The number of piperidine rings is 2. The third kappa shape index (κ3) is 1.31. The van der Waals surface area contributed by atoms with E-state index in [-0.39, 0.29) is 0 Å². The van der Waals surface area contributed by atoms with Gasteiger partial charge < -0.3 is 0 Å². The molecular weight excluding hydrogens is 222 g/mol. The van der Waals surface area contributed by atoms with Crippen LogP contribution in [-0.2, 0) is 4.79 Å². The van der Waals surface area contributed by atoms with Gasteiger partial charge in [0.05, 0.1) is 0 Å². The Morgan fingerprint density at radius 1 is 1.22 bits per heavy atom. The predicted molar refractivity (Wildman–Crippen MR) is 71.3 cm³/mol. The SMILES string of the molecule is C[C@@H]1CC2CC(=O)C3CCCN4CCCC2C34C1. The first kappa shape index (κ1) is 11.5. The van der Waals surface area contributed by atoms with E-state index in [1.54, 1.807) is 0 Å². The summed E-state index contributed by atoms with van der Waals surface area (Å²) in [7, 11) is 0. The first-order valence-corrected chi connectivity index (χ1v) is 7.99. The molecular formula is C16H25NO. The van der Waals surface area contributed by atoms with E-state index in [0.717, 1.165) is 24.2 Å². The maximum absolute atomic E-state index is 12.5. The van der Waals surface area contributed by atoms with Crippen LogP contribution in [0.3, 0.4) is 0 Å². The fourth-order valence-corrected chi connectivity index (χ4v) is 6.18. The van der Waals surface area contributed by atoms with Crippen LogP contribution in [0.25, 0.3) is 0 Å². The van der Waals surface area contributed by atoms with Crippen LogP contribution in [-0.4, -0.2) is 29.3 Å². The highest BCUT2D eigenvalue weighted by molar-refractivity contribution is 5.84. The second-order valence-corrected chi connectivity index (χ2v) is 7.40. The van der Waals surface area contributed by atoms with E-state index in [0.29, 0.717) is 17.2 Å². The Bertz CT molecular complexity index is 377. The Morgan fingerprint density at radius 3 is 2.83 bits per heavy atom. The zero-order chi connectivity index (χ0) is 12.3. The van der Waals surface area contributed by atoms with E-state index in [1.165, 1.54) is 51.6 Å². The van der Waals surface area contributed by atoms with Crippen molar-refractivity contribution in [3.05, 3.63) is 0 Å². The van der Waals surface area contributed by atoms with Crippen LogP contribution in [0, 0.1) is 23.7 Å². The molecule has 2 aliphatic heterocycles. The van der Waals surface area contributed by atoms with Crippen molar-refractivity contribution in [3.8, 4) is 0 Å². The number of carbonyl (C=O) groups excluding carboxylic acids is 1. The van der Waals surface area contributed by atoms with Gasteiger partial charge in [-0.25, -0.2) is 0 Å². The van der Waals surface area contributed by atoms with Crippen LogP contribution in [0.1, 0.15) is 51.9 Å². The van der Waals surface area contributed by atoms with Gasteiger partial charge in [-0.3, -0.25) is 9.69 Å². The molecule has 1 spiro atoms. The summed E-state index contributed by atoms with van der Waals surface area (Å²) in [6.45, 7) is 4.95. The number of hydrogen-bond acceptors (Lipinski definition) is 2. The van der Waals surface area contributed by atoms with Crippen molar-refractivity contribution in [2.24, 2.45) is 23.7 Å². The van der Waals surface area contributed by atoms with Gasteiger partial charge in [0.2, 0.25) is 0 Å². The van der Waals surface area contributed by atoms with Crippen LogP contribution in [0.15, 0.2) is 0 Å². The quantitative estimate of drug-likeness (QED) is 0.656. The molecule has 4 fully saturated rings. The minimum absolute atomic E-state index is 0.314. The largest absolute Gasteiger partial charge is 0.299 e. The van der Waals surface area contributed by atoms with Gasteiger partial charge in [-0.1, -0.05) is 6.92 Å². The van der Waals surface area contributed by atoms with Crippen molar-refractivity contribution in [2.45, 2.75) is 57.4 Å². The van der Waals surface area contributed by atoms with Crippen LogP contribution in [0.4, 0.5) is 0 Å². The first-order valence-electron chi connectivity index (χ1n) is 7.99. The normalized spacial score (nSPS) is 51.9. The fraction of sp³-hybridized carbons (Fsp3) is 0.938. The number of carbonyl (C=O) groups is 1. The van der Waals surface area contributed by atoms with Crippen molar-refractivity contribution in [1.29, 1.82) is 0 Å². The van der Waals surface area contributed by atoms with Gasteiger partial charge in [0.1, 0.15) is 5.78 Å². The lowest BCUT2D eigenvalue weighted by atomic mass is 9.48. The molecule has 2 aliphatic carbocycles. The highest BCUT2D eigenvalue weighted by Gasteiger charge is 2.62. The summed E-state index contributed by atoms with van der Waals surface area (Å²) < 4.78 is 0. The van der Waals surface area contributed by atoms with Crippen LogP contribution >= 0.6 is 0 Å².